The van der Waals surface area contributed by atoms with Crippen LogP contribution in [0.3, 0.4) is 0 Å². The van der Waals surface area contributed by atoms with Crippen LogP contribution in [0.2, 0.25) is 0 Å². The van der Waals surface area contributed by atoms with E-state index in [1.54, 1.807) is 13.8 Å². The summed E-state index contributed by atoms with van der Waals surface area (Å²) in [5, 5.41) is 7.33. The van der Waals surface area contributed by atoms with Gasteiger partial charge in [-0.2, -0.15) is 0 Å². The molecule has 0 saturated heterocycles. The van der Waals surface area contributed by atoms with Gasteiger partial charge in [0.25, 0.3) is 0 Å². The molecule has 0 atom stereocenters. The largest absolute Gasteiger partial charge is 0.378 e. The fourth-order valence-corrected chi connectivity index (χ4v) is 2.03. The van der Waals surface area contributed by atoms with E-state index >= 15 is 0 Å². The lowest BCUT2D eigenvalue weighted by molar-refractivity contribution is -0.121. The lowest BCUT2D eigenvalue weighted by Crippen LogP contribution is -2.29. The third-order valence-electron chi connectivity index (χ3n) is 2.62. The van der Waals surface area contributed by atoms with Crippen LogP contribution >= 0.6 is 0 Å². The average Bonchev–Trinajstić information content (AvgIpc) is 2.26. The van der Waals surface area contributed by atoms with Crippen molar-refractivity contribution in [3.63, 3.8) is 0 Å². The van der Waals surface area contributed by atoms with Gasteiger partial charge in [0.15, 0.2) is 0 Å². The first-order valence-corrected chi connectivity index (χ1v) is 7.26. The van der Waals surface area contributed by atoms with Crippen LogP contribution in [0.25, 0.3) is 0 Å². The number of rotatable bonds is 5. The SMILES string of the molecule is COC(C)(C)CC(=O)Nc1cc(F)cc(S(N)(=O)=O)c1. The van der Waals surface area contributed by atoms with E-state index < -0.39 is 32.2 Å². The first-order chi connectivity index (χ1) is 9.03. The molecule has 1 amide bonds. The lowest BCUT2D eigenvalue weighted by Gasteiger charge is -2.22. The fourth-order valence-electron chi connectivity index (χ4n) is 1.46. The van der Waals surface area contributed by atoms with E-state index in [4.69, 9.17) is 9.88 Å². The smallest absolute Gasteiger partial charge is 0.238 e. The van der Waals surface area contributed by atoms with Crippen molar-refractivity contribution >= 4 is 21.6 Å². The van der Waals surface area contributed by atoms with Crippen LogP contribution in [0, 0.1) is 5.82 Å². The molecule has 20 heavy (non-hydrogen) atoms. The maximum Gasteiger partial charge on any atom is 0.238 e. The molecular weight excluding hydrogens is 287 g/mol. The minimum absolute atomic E-state index is 0.0194. The molecule has 0 bridgehead atoms. The quantitative estimate of drug-likeness (QED) is 0.854. The summed E-state index contributed by atoms with van der Waals surface area (Å²) in [6, 6.07) is 2.88. The zero-order chi connectivity index (χ0) is 15.6. The number of methoxy groups -OCH3 is 1. The van der Waals surface area contributed by atoms with Gasteiger partial charge in [-0.15, -0.1) is 0 Å². The number of carbonyl (C=O) groups is 1. The zero-order valence-corrected chi connectivity index (χ0v) is 12.3. The van der Waals surface area contributed by atoms with E-state index in [0.717, 1.165) is 18.2 Å². The highest BCUT2D eigenvalue weighted by Crippen LogP contribution is 2.19. The summed E-state index contributed by atoms with van der Waals surface area (Å²) in [6.45, 7) is 3.43. The first kappa shape index (κ1) is 16.5. The molecular formula is C12H17FN2O4S. The summed E-state index contributed by atoms with van der Waals surface area (Å²) < 4.78 is 40.8. The van der Waals surface area contributed by atoms with Gasteiger partial charge in [0, 0.05) is 12.8 Å². The number of benzene rings is 1. The maximum atomic E-state index is 13.3. The Labute approximate surface area is 117 Å². The number of carbonyl (C=O) groups excluding carboxylic acids is 1. The Bertz CT molecular complexity index is 614. The van der Waals surface area contributed by atoms with Gasteiger partial charge in [0.05, 0.1) is 16.9 Å². The predicted molar refractivity (Wildman–Crippen MR) is 72.1 cm³/mol. The Morgan fingerprint density at radius 1 is 1.40 bits per heavy atom. The Balaban J connectivity index is 2.94. The Kier molecular flexibility index (Phi) is 4.85. The van der Waals surface area contributed by atoms with Gasteiger partial charge < -0.3 is 10.1 Å². The second kappa shape index (κ2) is 5.86. The molecule has 1 aromatic carbocycles. The number of amides is 1. The molecule has 1 aromatic rings. The molecule has 112 valence electrons. The molecule has 0 aliphatic carbocycles. The molecule has 0 spiro atoms. The van der Waals surface area contributed by atoms with Gasteiger partial charge in [-0.05, 0) is 32.0 Å². The summed E-state index contributed by atoms with van der Waals surface area (Å²) in [6.07, 6.45) is 0.0325. The number of hydrogen-bond acceptors (Lipinski definition) is 4. The van der Waals surface area contributed by atoms with Gasteiger partial charge in [-0.25, -0.2) is 17.9 Å². The maximum absolute atomic E-state index is 13.3. The predicted octanol–water partition coefficient (Wildman–Crippen LogP) is 1.23. The fraction of sp³-hybridized carbons (Fsp3) is 0.417. The molecule has 0 saturated carbocycles. The van der Waals surface area contributed by atoms with Gasteiger partial charge >= 0.3 is 0 Å². The Morgan fingerprint density at radius 3 is 2.50 bits per heavy atom. The molecule has 0 heterocycles. The third-order valence-corrected chi connectivity index (χ3v) is 3.52. The molecule has 1 rings (SSSR count). The lowest BCUT2D eigenvalue weighted by atomic mass is 10.0. The van der Waals surface area contributed by atoms with E-state index in [9.17, 15) is 17.6 Å². The van der Waals surface area contributed by atoms with Gasteiger partial charge in [-0.3, -0.25) is 4.79 Å². The number of nitrogens with two attached hydrogens (primary N) is 1. The molecule has 3 N–H and O–H groups in total. The van der Waals surface area contributed by atoms with Crippen molar-refractivity contribution in [1.29, 1.82) is 0 Å². The Morgan fingerprint density at radius 2 is 2.00 bits per heavy atom. The van der Waals surface area contributed by atoms with Gasteiger partial charge in [0.1, 0.15) is 5.82 Å². The van der Waals surface area contributed by atoms with Crippen LogP contribution < -0.4 is 10.5 Å². The van der Waals surface area contributed by atoms with Crippen LogP contribution in [0.4, 0.5) is 10.1 Å². The number of nitrogens with one attached hydrogen (secondary N) is 1. The van der Waals surface area contributed by atoms with Crippen molar-refractivity contribution in [2.24, 2.45) is 5.14 Å². The average molecular weight is 304 g/mol. The van der Waals surface area contributed by atoms with Crippen molar-refractivity contribution in [3.8, 4) is 0 Å². The molecule has 8 heteroatoms. The molecule has 0 aromatic heterocycles. The summed E-state index contributed by atoms with van der Waals surface area (Å²) in [5.74, 6) is -1.24. The molecule has 0 radical (unpaired) electrons. The molecule has 0 fully saturated rings. The third kappa shape index (κ3) is 4.87. The molecule has 6 nitrogen and oxygen atoms in total. The summed E-state index contributed by atoms with van der Waals surface area (Å²) >= 11 is 0. The van der Waals surface area contributed by atoms with E-state index in [1.165, 1.54) is 7.11 Å². The first-order valence-electron chi connectivity index (χ1n) is 5.72. The molecule has 0 unspecified atom stereocenters. The monoisotopic (exact) mass is 304 g/mol. The van der Waals surface area contributed by atoms with E-state index in [1.807, 2.05) is 0 Å². The van der Waals surface area contributed by atoms with Gasteiger partial charge in [-0.1, -0.05) is 0 Å². The van der Waals surface area contributed by atoms with Gasteiger partial charge in [0.2, 0.25) is 15.9 Å². The van der Waals surface area contributed by atoms with Crippen molar-refractivity contribution in [1.82, 2.24) is 0 Å². The number of sulfonamides is 1. The topological polar surface area (TPSA) is 98.5 Å². The number of hydrogen-bond donors (Lipinski definition) is 2. The molecule has 0 aliphatic rings. The van der Waals surface area contributed by atoms with Crippen LogP contribution in [-0.2, 0) is 19.6 Å². The van der Waals surface area contributed by atoms with Crippen molar-refractivity contribution < 1.29 is 22.3 Å². The minimum atomic E-state index is -4.04. The summed E-state index contributed by atoms with van der Waals surface area (Å²) in [4.78, 5) is 11.4. The van der Waals surface area contributed by atoms with E-state index in [2.05, 4.69) is 5.32 Å². The van der Waals surface area contributed by atoms with Crippen molar-refractivity contribution in [3.05, 3.63) is 24.0 Å². The normalized spacial score (nSPS) is 12.2. The van der Waals surface area contributed by atoms with E-state index in [-0.39, 0.29) is 12.1 Å². The highest BCUT2D eigenvalue weighted by Gasteiger charge is 2.21. The standard InChI is InChI=1S/C12H17FN2O4S/c1-12(2,19-3)7-11(16)15-9-4-8(13)5-10(6-9)20(14,17)18/h4-6H,7H2,1-3H3,(H,15,16)(H2,14,17,18). The van der Waals surface area contributed by atoms with Crippen LogP contribution in [-0.4, -0.2) is 27.0 Å². The minimum Gasteiger partial charge on any atom is -0.378 e. The summed E-state index contributed by atoms with van der Waals surface area (Å²) in [5.41, 5.74) is -0.661. The second-order valence-corrected chi connectivity index (χ2v) is 6.47. The van der Waals surface area contributed by atoms with Crippen LogP contribution in [0.15, 0.2) is 23.1 Å². The van der Waals surface area contributed by atoms with Crippen LogP contribution in [0.5, 0.6) is 0 Å². The highest BCUT2D eigenvalue weighted by molar-refractivity contribution is 7.89. The zero-order valence-electron chi connectivity index (χ0n) is 11.4. The van der Waals surface area contributed by atoms with Crippen molar-refractivity contribution in [2.45, 2.75) is 30.8 Å². The number of halogens is 1. The van der Waals surface area contributed by atoms with Crippen molar-refractivity contribution in [2.75, 3.05) is 12.4 Å². The highest BCUT2D eigenvalue weighted by atomic mass is 32.2. The van der Waals surface area contributed by atoms with Crippen LogP contribution in [0.1, 0.15) is 20.3 Å². The number of ether oxygens (including phenoxy) is 1. The molecule has 0 aliphatic heterocycles. The Hall–Kier alpha value is -1.51. The second-order valence-electron chi connectivity index (χ2n) is 4.91. The number of primary sulfonamides is 1. The number of anilines is 1. The van der Waals surface area contributed by atoms with E-state index in [0.29, 0.717) is 0 Å². The summed E-state index contributed by atoms with van der Waals surface area (Å²) in [7, 11) is -2.57.